The van der Waals surface area contributed by atoms with Crippen LogP contribution in [0.1, 0.15) is 113 Å². The summed E-state index contributed by atoms with van der Waals surface area (Å²) >= 11 is 7.08. The van der Waals surface area contributed by atoms with Gasteiger partial charge in [-0.3, -0.25) is 0 Å². The molecule has 0 radical (unpaired) electrons. The fraction of sp³-hybridized carbons (Fsp3) is 0.148. The molecule has 0 saturated heterocycles. The van der Waals surface area contributed by atoms with E-state index in [0.29, 0.717) is 16.6 Å². The van der Waals surface area contributed by atoms with Crippen LogP contribution in [0.5, 0.6) is 0 Å². The molecule has 14 aromatic carbocycles. The van der Waals surface area contributed by atoms with Crippen LogP contribution in [0.2, 0.25) is 26.2 Å². The van der Waals surface area contributed by atoms with Crippen LogP contribution in [0.3, 0.4) is 0 Å². The molecule has 0 amide bonds. The Morgan fingerprint density at radius 2 is 0.787 bits per heavy atom. The van der Waals surface area contributed by atoms with Gasteiger partial charge in [0.2, 0.25) is 0 Å². The van der Waals surface area contributed by atoms with Crippen LogP contribution in [-0.2, 0) is 12.8 Å². The van der Waals surface area contributed by atoms with Gasteiger partial charge in [-0.25, -0.2) is 0 Å². The first-order valence-electron chi connectivity index (χ1n) is 43.4. The quantitative estimate of drug-likeness (QED) is 0.101. The number of nitrogens with zero attached hydrogens (tertiary/aromatic N) is 3. The number of benzene rings is 14. The molecule has 0 aliphatic heterocycles. The van der Waals surface area contributed by atoms with Crippen LogP contribution in [-0.4, -0.2) is 29.2 Å². The Hall–Kier alpha value is -12.0. The Bertz CT molecular complexity index is 6910. The Morgan fingerprint density at radius 3 is 1.35 bits per heavy atom. The zero-order valence-electron chi connectivity index (χ0n) is 72.0. The Balaban J connectivity index is 0.000000110. The van der Waals surface area contributed by atoms with E-state index in [4.69, 9.17) is 11.1 Å². The molecule has 1 fully saturated rings. The van der Waals surface area contributed by atoms with E-state index in [0.717, 1.165) is 30.6 Å². The summed E-state index contributed by atoms with van der Waals surface area (Å²) in [7, 11) is -4.04. The van der Waals surface area contributed by atoms with Crippen LogP contribution in [0, 0.1) is 17.8 Å². The number of rotatable bonds is 9. The molecule has 7 heteroatoms. The molecule has 122 heavy (non-hydrogen) atoms. The molecular weight excluding hydrogens is 1520 g/mol. The molecule has 3 aromatic heterocycles. The van der Waals surface area contributed by atoms with Crippen LogP contribution in [0.15, 0.2) is 393 Å². The minimum atomic E-state index is -2.06. The molecule has 0 N–H and O–H groups in total. The van der Waals surface area contributed by atoms with E-state index >= 15 is 0 Å². The van der Waals surface area contributed by atoms with Crippen molar-refractivity contribution >= 4 is 77.0 Å². The van der Waals surface area contributed by atoms with Gasteiger partial charge < -0.3 is 15.1 Å². The monoisotopic (exact) mass is 1620 g/mol. The largest absolute Gasteiger partial charge is 1.00 e. The second kappa shape index (κ2) is 33.4. The number of halogens is 1. The first kappa shape index (κ1) is 79.7. The molecule has 1 saturated carbocycles. The van der Waals surface area contributed by atoms with Crippen LogP contribution in [0.25, 0.3) is 124 Å². The normalized spacial score (nSPS) is 17.4. The van der Waals surface area contributed by atoms with E-state index in [1.54, 1.807) is 5.57 Å². The molecule has 6 atom stereocenters. The molecular formula is C115H101ClLiN3Si2. The van der Waals surface area contributed by atoms with Crippen molar-refractivity contribution in [3.05, 3.63) is 455 Å². The SMILES string of the molecule is CC1=Cc2c(-c3ccccc3)cccc2C1[Si](C)(C)C1c2ccccc2-c2c1c1ccccc1n2-c1ccccc1.CC1=Cc2cccc(-c3ccccc3)c2C1.CC1CC2C=CC=C(c3ccccc3)C2C1.C[Si](C)(Cl)C1c2ccccc2-c2c1c1ccccc1n2-c1ccccc1.[H-].[Li+].c1ccc(-n2c3c(c4ccccc42)Cc2ccccc2-3)cc1. The summed E-state index contributed by atoms with van der Waals surface area (Å²) < 4.78 is 7.35. The van der Waals surface area contributed by atoms with E-state index in [2.05, 4.69) is 455 Å². The van der Waals surface area contributed by atoms with Crippen molar-refractivity contribution in [3.63, 3.8) is 0 Å². The molecule has 0 spiro atoms. The van der Waals surface area contributed by atoms with Crippen molar-refractivity contribution in [2.45, 2.75) is 89.3 Å². The summed E-state index contributed by atoms with van der Waals surface area (Å²) in [4.78, 5) is 0. The molecule has 6 unspecified atom stereocenters. The summed E-state index contributed by atoms with van der Waals surface area (Å²) in [5, 5.41) is 4.09. The summed E-state index contributed by atoms with van der Waals surface area (Å²) in [6, 6.07) is 132. The minimum Gasteiger partial charge on any atom is -1.00 e. The third-order valence-electron chi connectivity index (χ3n) is 26.8. The maximum atomic E-state index is 7.08. The maximum absolute atomic E-state index is 7.08. The number of hydrogen-bond acceptors (Lipinski definition) is 0. The summed E-state index contributed by atoms with van der Waals surface area (Å²) in [5.74, 6) is 2.43. The Labute approximate surface area is 739 Å². The molecule has 17 aromatic rings. The molecule has 3 nitrogen and oxygen atoms in total. The van der Waals surface area contributed by atoms with Gasteiger partial charge in [-0.15, -0.1) is 0 Å². The number of fused-ring (bicyclic) bond motifs is 18. The number of para-hydroxylation sites is 6. The van der Waals surface area contributed by atoms with Crippen molar-refractivity contribution in [2.75, 3.05) is 0 Å². The van der Waals surface area contributed by atoms with E-state index in [-0.39, 0.29) is 20.3 Å². The third-order valence-corrected chi connectivity index (χ3v) is 33.8. The van der Waals surface area contributed by atoms with Crippen molar-refractivity contribution in [1.29, 1.82) is 0 Å². The number of aromatic nitrogens is 3. The van der Waals surface area contributed by atoms with E-state index in [9.17, 15) is 0 Å². The zero-order chi connectivity index (χ0) is 82.0. The first-order valence-corrected chi connectivity index (χ1v) is 50.6. The molecule has 0 bridgehead atoms. The van der Waals surface area contributed by atoms with Gasteiger partial charge in [0.1, 0.15) is 0 Å². The summed E-state index contributed by atoms with van der Waals surface area (Å²) in [5.41, 5.74) is 42.7. The van der Waals surface area contributed by atoms with E-state index < -0.39 is 15.5 Å². The molecule has 3 heterocycles. The molecule has 7 aliphatic carbocycles. The number of hydrogen-bond donors (Lipinski definition) is 0. The molecule has 24 rings (SSSR count). The van der Waals surface area contributed by atoms with Gasteiger partial charge in [-0.1, -0.05) is 384 Å². The fourth-order valence-corrected chi connectivity index (χ4v) is 29.4. The van der Waals surface area contributed by atoms with Crippen molar-refractivity contribution in [3.8, 4) is 73.1 Å². The minimum absolute atomic E-state index is 0. The smallest absolute Gasteiger partial charge is 1.00 e. The zero-order valence-corrected chi connectivity index (χ0v) is 73.8. The van der Waals surface area contributed by atoms with Crippen LogP contribution in [0.4, 0.5) is 0 Å². The average molecular weight is 1620 g/mol. The van der Waals surface area contributed by atoms with Gasteiger partial charge in [0.25, 0.3) is 0 Å². The predicted molar refractivity (Wildman–Crippen MR) is 521 cm³/mol. The van der Waals surface area contributed by atoms with Crippen LogP contribution >= 0.6 is 11.1 Å². The van der Waals surface area contributed by atoms with Gasteiger partial charge >= 0.3 is 18.9 Å². The number of allylic oxidation sites excluding steroid dienone is 6. The second-order valence-electron chi connectivity index (χ2n) is 35.3. The predicted octanol–water partition coefficient (Wildman–Crippen LogP) is 28.1. The fourth-order valence-electron chi connectivity index (χ4n) is 22.0. The molecule has 7 aliphatic rings. The van der Waals surface area contributed by atoms with E-state index in [1.165, 1.54) is 191 Å². The van der Waals surface area contributed by atoms with Crippen LogP contribution < -0.4 is 18.9 Å². The van der Waals surface area contributed by atoms with Gasteiger partial charge in [0.15, 0.2) is 7.38 Å². The van der Waals surface area contributed by atoms with Gasteiger partial charge in [-0.2, -0.15) is 11.1 Å². The van der Waals surface area contributed by atoms with Crippen molar-refractivity contribution < 1.29 is 20.3 Å². The van der Waals surface area contributed by atoms with Crippen molar-refractivity contribution in [2.24, 2.45) is 17.8 Å². The maximum Gasteiger partial charge on any atom is 1.00 e. The average Bonchev–Trinajstić information content (AvgIpc) is 1.54. The second-order valence-corrected chi connectivity index (χ2v) is 46.7. The van der Waals surface area contributed by atoms with Gasteiger partial charge in [0.05, 0.1) is 41.7 Å². The topological polar surface area (TPSA) is 14.8 Å². The third kappa shape index (κ3) is 14.3. The van der Waals surface area contributed by atoms with Gasteiger partial charge in [-0.05, 0) is 194 Å². The van der Waals surface area contributed by atoms with E-state index in [1.807, 2.05) is 0 Å². The summed E-state index contributed by atoms with van der Waals surface area (Å²) in [6.07, 6.45) is 16.6. The Kier molecular flexibility index (Phi) is 21.8. The first-order chi connectivity index (χ1) is 59.2. The van der Waals surface area contributed by atoms with Crippen molar-refractivity contribution in [1.82, 2.24) is 13.7 Å². The Morgan fingerprint density at radius 1 is 0.361 bits per heavy atom. The standard InChI is InChI=1S/C39H33NSi.C23H20ClNSi.C21H15N.C16H18.C16H14.Li.H/c1-26-25-34-29(27-15-6-4-7-16-27)22-14-23-32(34)38(26)41(2,3)39-31-20-11-10-19-30(31)37-36(39)33-21-12-13-24-35(33)40(37)28-17-8-5-9-18-28;1-26(2,24)23-18-13-7-6-12-17(18)22-21(23)19-14-8-9-15-20(19)25(22)16-10-4-3-5-11-16;1-2-9-16(10-3-1)22-20-13-7-6-12-18(20)19-14-15-8-4-5-11-17(15)21(19)22;2*1-12-10-14-8-5-9-15(16(14)11-12)13-6-3-2-4-7-13;;/h4-25,38-39H,1-3H3;3-15,23H,1-2H3;1-13H,14H2;2-9,12,14,16H,10-11H2,1H3;2-10H,11H2,1H3;;/q;;;;;+1;-1. The summed E-state index contributed by atoms with van der Waals surface area (Å²) in [6.45, 7) is 16.8. The molecule has 592 valence electrons. The van der Waals surface area contributed by atoms with Gasteiger partial charge in [0, 0.05) is 73.0 Å².